The van der Waals surface area contributed by atoms with Crippen LogP contribution in [-0.4, -0.2) is 23.5 Å². The molecule has 0 saturated carbocycles. The molecule has 0 aliphatic rings. The molecule has 0 aromatic heterocycles. The highest BCUT2D eigenvalue weighted by Crippen LogP contribution is 2.18. The molecule has 19 heavy (non-hydrogen) atoms. The van der Waals surface area contributed by atoms with Gasteiger partial charge in [-0.15, -0.1) is 0 Å². The summed E-state index contributed by atoms with van der Waals surface area (Å²) < 4.78 is 18.8. The predicted molar refractivity (Wildman–Crippen MR) is 75.7 cm³/mol. The molecule has 4 nitrogen and oxygen atoms in total. The molecule has 0 aliphatic heterocycles. The number of ether oxygens (including phenoxy) is 1. The Morgan fingerprint density at radius 3 is 2.74 bits per heavy atom. The Hall–Kier alpha value is -1.69. The first-order valence-electron chi connectivity index (χ1n) is 5.91. The number of nitrogens with two attached hydrogens (primary N) is 1. The highest BCUT2D eigenvalue weighted by atomic mass is 32.1. The van der Waals surface area contributed by atoms with Crippen LogP contribution in [0.15, 0.2) is 18.2 Å². The van der Waals surface area contributed by atoms with Gasteiger partial charge >= 0.3 is 0 Å². The number of thiocarbonyl (C=S) groups is 1. The summed E-state index contributed by atoms with van der Waals surface area (Å²) in [4.78, 5) is 11.5. The van der Waals surface area contributed by atoms with E-state index in [0.717, 1.165) is 0 Å². The van der Waals surface area contributed by atoms with E-state index in [0.29, 0.717) is 5.56 Å². The van der Waals surface area contributed by atoms with Gasteiger partial charge in [0.1, 0.15) is 4.99 Å². The second-order valence-electron chi connectivity index (χ2n) is 4.33. The quantitative estimate of drug-likeness (QED) is 0.781. The summed E-state index contributed by atoms with van der Waals surface area (Å²) in [5.41, 5.74) is 5.83. The second kappa shape index (κ2) is 7.04. The van der Waals surface area contributed by atoms with Gasteiger partial charge in [0.05, 0.1) is 13.0 Å². The van der Waals surface area contributed by atoms with Crippen molar-refractivity contribution in [1.82, 2.24) is 5.32 Å². The van der Waals surface area contributed by atoms with Crippen LogP contribution in [0.1, 0.15) is 25.8 Å². The van der Waals surface area contributed by atoms with Gasteiger partial charge in [-0.1, -0.05) is 12.2 Å². The van der Waals surface area contributed by atoms with Gasteiger partial charge in [0, 0.05) is 11.6 Å². The lowest BCUT2D eigenvalue weighted by atomic mass is 10.2. The third-order valence-corrected chi connectivity index (χ3v) is 2.49. The standard InChI is InChI=1S/C13H17FN2O2S/c1-8(2)16-12(17)5-6-18-11-4-3-9(13(15)19)7-10(11)14/h3-4,7-8H,5-6H2,1-2H3,(H2,15,19)(H,16,17). The van der Waals surface area contributed by atoms with Gasteiger partial charge < -0.3 is 15.8 Å². The van der Waals surface area contributed by atoms with Crippen molar-refractivity contribution >= 4 is 23.1 Å². The van der Waals surface area contributed by atoms with Crippen LogP contribution in [0.3, 0.4) is 0 Å². The van der Waals surface area contributed by atoms with E-state index in [1.54, 1.807) is 6.07 Å². The average Bonchev–Trinajstić information content (AvgIpc) is 2.29. The number of hydrogen-bond donors (Lipinski definition) is 2. The number of benzene rings is 1. The van der Waals surface area contributed by atoms with Crippen LogP contribution in [0, 0.1) is 5.82 Å². The lowest BCUT2D eigenvalue weighted by Crippen LogP contribution is -2.31. The third-order valence-electron chi connectivity index (χ3n) is 2.25. The smallest absolute Gasteiger partial charge is 0.223 e. The van der Waals surface area contributed by atoms with E-state index in [4.69, 9.17) is 22.7 Å². The maximum atomic E-state index is 13.6. The van der Waals surface area contributed by atoms with Crippen LogP contribution in [0.2, 0.25) is 0 Å². The topological polar surface area (TPSA) is 64.3 Å². The number of halogens is 1. The van der Waals surface area contributed by atoms with E-state index in [9.17, 15) is 9.18 Å². The number of amides is 1. The molecule has 3 N–H and O–H groups in total. The molecule has 1 aromatic rings. The minimum atomic E-state index is -0.547. The molecule has 0 atom stereocenters. The molecule has 6 heteroatoms. The number of carbonyl (C=O) groups is 1. The van der Waals surface area contributed by atoms with Gasteiger partial charge in [0.25, 0.3) is 0 Å². The molecule has 0 aliphatic carbocycles. The summed E-state index contributed by atoms with van der Waals surface area (Å²) in [6.45, 7) is 3.85. The zero-order chi connectivity index (χ0) is 14.4. The van der Waals surface area contributed by atoms with Gasteiger partial charge in [-0.3, -0.25) is 4.79 Å². The Kier molecular flexibility index (Phi) is 5.69. The van der Waals surface area contributed by atoms with Crippen molar-refractivity contribution in [1.29, 1.82) is 0 Å². The number of nitrogens with one attached hydrogen (secondary N) is 1. The van der Waals surface area contributed by atoms with Crippen LogP contribution in [-0.2, 0) is 4.79 Å². The summed E-state index contributed by atoms with van der Waals surface area (Å²) in [7, 11) is 0. The number of carbonyl (C=O) groups excluding carboxylic acids is 1. The van der Waals surface area contributed by atoms with Crippen LogP contribution in [0.4, 0.5) is 4.39 Å². The average molecular weight is 284 g/mol. The number of hydrogen-bond acceptors (Lipinski definition) is 3. The Morgan fingerprint density at radius 1 is 1.53 bits per heavy atom. The van der Waals surface area contributed by atoms with Crippen molar-refractivity contribution in [2.24, 2.45) is 5.73 Å². The lowest BCUT2D eigenvalue weighted by molar-refractivity contribution is -0.122. The van der Waals surface area contributed by atoms with E-state index in [2.05, 4.69) is 5.32 Å². The van der Waals surface area contributed by atoms with Crippen LogP contribution in [0.25, 0.3) is 0 Å². The molecule has 1 aromatic carbocycles. The van der Waals surface area contributed by atoms with E-state index in [1.165, 1.54) is 12.1 Å². The minimum Gasteiger partial charge on any atom is -0.490 e. The predicted octanol–water partition coefficient (Wildman–Crippen LogP) is 1.75. The molecule has 0 unspecified atom stereocenters. The van der Waals surface area contributed by atoms with E-state index in [1.807, 2.05) is 13.8 Å². The molecule has 0 bridgehead atoms. The van der Waals surface area contributed by atoms with Crippen LogP contribution in [0.5, 0.6) is 5.75 Å². The molecule has 0 spiro atoms. The third kappa shape index (κ3) is 5.21. The van der Waals surface area contributed by atoms with Gasteiger partial charge in [-0.2, -0.15) is 0 Å². The zero-order valence-electron chi connectivity index (χ0n) is 10.9. The van der Waals surface area contributed by atoms with Crippen LogP contribution >= 0.6 is 12.2 Å². The van der Waals surface area contributed by atoms with Crippen molar-refractivity contribution < 1.29 is 13.9 Å². The molecule has 0 heterocycles. The molecule has 0 fully saturated rings. The second-order valence-corrected chi connectivity index (χ2v) is 4.77. The fourth-order valence-electron chi connectivity index (χ4n) is 1.42. The van der Waals surface area contributed by atoms with Gasteiger partial charge in [0.2, 0.25) is 5.91 Å². The summed E-state index contributed by atoms with van der Waals surface area (Å²) in [6.07, 6.45) is 0.175. The molecule has 0 radical (unpaired) electrons. The Morgan fingerprint density at radius 2 is 2.21 bits per heavy atom. The Balaban J connectivity index is 2.50. The maximum absolute atomic E-state index is 13.6. The Labute approximate surface area is 117 Å². The van der Waals surface area contributed by atoms with Crippen molar-refractivity contribution in [2.45, 2.75) is 26.3 Å². The van der Waals surface area contributed by atoms with Crippen molar-refractivity contribution in [3.8, 4) is 5.75 Å². The highest BCUT2D eigenvalue weighted by Gasteiger charge is 2.08. The number of rotatable bonds is 6. The van der Waals surface area contributed by atoms with Gasteiger partial charge in [0.15, 0.2) is 11.6 Å². The largest absolute Gasteiger partial charge is 0.490 e. The van der Waals surface area contributed by atoms with Crippen molar-refractivity contribution in [3.63, 3.8) is 0 Å². The maximum Gasteiger partial charge on any atom is 0.223 e. The first-order chi connectivity index (χ1) is 8.90. The monoisotopic (exact) mass is 284 g/mol. The van der Waals surface area contributed by atoms with E-state index in [-0.39, 0.29) is 35.7 Å². The van der Waals surface area contributed by atoms with Crippen LogP contribution < -0.4 is 15.8 Å². The first-order valence-corrected chi connectivity index (χ1v) is 6.32. The normalized spacial score (nSPS) is 10.3. The first kappa shape index (κ1) is 15.4. The summed E-state index contributed by atoms with van der Waals surface area (Å²) in [5, 5.41) is 2.72. The Bertz CT molecular complexity index is 478. The molecule has 0 saturated heterocycles. The molecular formula is C13H17FN2O2S. The zero-order valence-corrected chi connectivity index (χ0v) is 11.7. The van der Waals surface area contributed by atoms with Gasteiger partial charge in [-0.05, 0) is 32.0 Å². The molecule has 1 amide bonds. The highest BCUT2D eigenvalue weighted by molar-refractivity contribution is 7.80. The van der Waals surface area contributed by atoms with Crippen molar-refractivity contribution in [3.05, 3.63) is 29.6 Å². The summed E-state index contributed by atoms with van der Waals surface area (Å²) in [6, 6.07) is 4.32. The minimum absolute atomic E-state index is 0.0779. The fourth-order valence-corrected chi connectivity index (χ4v) is 1.55. The molecule has 104 valence electrons. The summed E-state index contributed by atoms with van der Waals surface area (Å²) >= 11 is 4.74. The molecule has 1 rings (SSSR count). The fraction of sp³-hybridized carbons (Fsp3) is 0.385. The van der Waals surface area contributed by atoms with Crippen molar-refractivity contribution in [2.75, 3.05) is 6.61 Å². The van der Waals surface area contributed by atoms with E-state index >= 15 is 0 Å². The lowest BCUT2D eigenvalue weighted by Gasteiger charge is -2.10. The van der Waals surface area contributed by atoms with Gasteiger partial charge in [-0.25, -0.2) is 4.39 Å². The summed E-state index contributed by atoms with van der Waals surface area (Å²) in [5.74, 6) is -0.595. The van der Waals surface area contributed by atoms with E-state index < -0.39 is 5.82 Å². The SMILES string of the molecule is CC(C)NC(=O)CCOc1ccc(C(N)=S)cc1F. The molecular weight excluding hydrogens is 267 g/mol.